The lowest BCUT2D eigenvalue weighted by Crippen LogP contribution is -2.52. The second kappa shape index (κ2) is 6.98. The fourth-order valence-corrected chi connectivity index (χ4v) is 4.18. The zero-order chi connectivity index (χ0) is 18.9. The molecule has 1 N–H and O–H groups in total. The van der Waals surface area contributed by atoms with Crippen LogP contribution in [0.25, 0.3) is 0 Å². The highest BCUT2D eigenvalue weighted by molar-refractivity contribution is 5.94. The lowest BCUT2D eigenvalue weighted by atomic mass is 9.65. The molecule has 27 heavy (non-hydrogen) atoms. The summed E-state index contributed by atoms with van der Waals surface area (Å²) in [4.78, 5) is 42.3. The average Bonchev–Trinajstić information content (AvgIpc) is 3.10. The van der Waals surface area contributed by atoms with Gasteiger partial charge in [0.1, 0.15) is 6.54 Å². The van der Waals surface area contributed by atoms with Gasteiger partial charge in [0, 0.05) is 49.4 Å². The van der Waals surface area contributed by atoms with Gasteiger partial charge in [-0.25, -0.2) is 0 Å². The molecule has 0 bridgehead atoms. The quantitative estimate of drug-likeness (QED) is 0.877. The predicted molar refractivity (Wildman–Crippen MR) is 99.1 cm³/mol. The zero-order valence-corrected chi connectivity index (χ0v) is 15.0. The van der Waals surface area contributed by atoms with Crippen molar-refractivity contribution in [3.8, 4) is 0 Å². The maximum atomic E-state index is 12.5. The Morgan fingerprint density at radius 1 is 1.19 bits per heavy atom. The molecular weight excluding hydrogens is 344 g/mol. The van der Waals surface area contributed by atoms with E-state index in [4.69, 9.17) is 0 Å². The van der Waals surface area contributed by atoms with Crippen molar-refractivity contribution in [2.24, 2.45) is 5.41 Å². The second-order valence-corrected chi connectivity index (χ2v) is 7.55. The molecule has 1 saturated heterocycles. The standard InChI is InChI=1S/C20H22N4O3/c25-17-3-1-2-9-23(17)13-18(26)24-10-6-20(14-24)11-16(12-20)22-19(27)15-4-7-21-8-5-15/h1-5,7-9,16H,6,10-14H2,(H,22,27). The number of amides is 2. The van der Waals surface area contributed by atoms with Crippen LogP contribution in [-0.2, 0) is 11.3 Å². The van der Waals surface area contributed by atoms with Crippen molar-refractivity contribution in [1.82, 2.24) is 19.8 Å². The summed E-state index contributed by atoms with van der Waals surface area (Å²) in [6.45, 7) is 1.50. The van der Waals surface area contributed by atoms with E-state index in [1.165, 1.54) is 10.6 Å². The first-order valence-electron chi connectivity index (χ1n) is 9.19. The van der Waals surface area contributed by atoms with Crippen LogP contribution >= 0.6 is 0 Å². The molecule has 2 aromatic rings. The fourth-order valence-electron chi connectivity index (χ4n) is 4.18. The molecule has 2 amide bonds. The first kappa shape index (κ1) is 17.5. The number of hydrogen-bond donors (Lipinski definition) is 1. The zero-order valence-electron chi connectivity index (χ0n) is 15.0. The maximum absolute atomic E-state index is 12.5. The number of nitrogens with one attached hydrogen (secondary N) is 1. The van der Waals surface area contributed by atoms with Gasteiger partial charge < -0.3 is 14.8 Å². The lowest BCUT2D eigenvalue weighted by molar-refractivity contribution is -0.131. The third kappa shape index (κ3) is 3.63. The van der Waals surface area contributed by atoms with Crippen LogP contribution in [0.5, 0.6) is 0 Å². The van der Waals surface area contributed by atoms with Crippen molar-refractivity contribution in [3.05, 3.63) is 64.8 Å². The molecule has 1 aliphatic heterocycles. The monoisotopic (exact) mass is 366 g/mol. The van der Waals surface area contributed by atoms with E-state index < -0.39 is 0 Å². The van der Waals surface area contributed by atoms with Crippen molar-refractivity contribution in [3.63, 3.8) is 0 Å². The summed E-state index contributed by atoms with van der Waals surface area (Å²) in [7, 11) is 0. The van der Waals surface area contributed by atoms with Gasteiger partial charge in [0.15, 0.2) is 0 Å². The van der Waals surface area contributed by atoms with Crippen LogP contribution in [0.15, 0.2) is 53.7 Å². The minimum atomic E-state index is -0.165. The van der Waals surface area contributed by atoms with Gasteiger partial charge in [-0.15, -0.1) is 0 Å². The second-order valence-electron chi connectivity index (χ2n) is 7.55. The smallest absolute Gasteiger partial charge is 0.251 e. The number of likely N-dealkylation sites (tertiary alicyclic amines) is 1. The minimum Gasteiger partial charge on any atom is -0.349 e. The third-order valence-corrected chi connectivity index (χ3v) is 5.63. The first-order valence-corrected chi connectivity index (χ1v) is 9.19. The summed E-state index contributed by atoms with van der Waals surface area (Å²) >= 11 is 0. The Bertz CT molecular complexity index is 903. The fraction of sp³-hybridized carbons (Fsp3) is 0.400. The number of carbonyl (C=O) groups excluding carboxylic acids is 2. The van der Waals surface area contributed by atoms with E-state index in [0.29, 0.717) is 18.7 Å². The average molecular weight is 366 g/mol. The van der Waals surface area contributed by atoms with E-state index in [0.717, 1.165) is 19.3 Å². The molecule has 7 nitrogen and oxygen atoms in total. The molecule has 2 aliphatic rings. The predicted octanol–water partition coefficient (Wildman–Crippen LogP) is 1.05. The normalized spacial score (nSPS) is 23.9. The number of hydrogen-bond acceptors (Lipinski definition) is 4. The molecule has 1 aliphatic carbocycles. The Balaban J connectivity index is 1.29. The van der Waals surface area contributed by atoms with E-state index in [9.17, 15) is 14.4 Å². The Morgan fingerprint density at radius 3 is 2.70 bits per heavy atom. The van der Waals surface area contributed by atoms with Gasteiger partial charge in [0.2, 0.25) is 5.91 Å². The van der Waals surface area contributed by atoms with Gasteiger partial charge in [-0.2, -0.15) is 0 Å². The number of pyridine rings is 2. The molecule has 2 fully saturated rings. The SMILES string of the molecule is O=C(NC1CC2(CCN(C(=O)Cn3ccccc3=O)C2)C1)c1ccncc1. The highest BCUT2D eigenvalue weighted by Crippen LogP contribution is 2.48. The van der Waals surface area contributed by atoms with E-state index >= 15 is 0 Å². The van der Waals surface area contributed by atoms with Crippen molar-refractivity contribution in [2.45, 2.75) is 31.8 Å². The highest BCUT2D eigenvalue weighted by Gasteiger charge is 2.49. The molecular formula is C20H22N4O3. The Kier molecular flexibility index (Phi) is 4.51. The molecule has 7 heteroatoms. The van der Waals surface area contributed by atoms with Gasteiger partial charge in [-0.1, -0.05) is 6.07 Å². The van der Waals surface area contributed by atoms with Gasteiger partial charge in [-0.3, -0.25) is 19.4 Å². The molecule has 0 atom stereocenters. The Morgan fingerprint density at radius 2 is 1.96 bits per heavy atom. The molecule has 140 valence electrons. The van der Waals surface area contributed by atoms with Crippen molar-refractivity contribution in [1.29, 1.82) is 0 Å². The van der Waals surface area contributed by atoms with Crippen LogP contribution in [0.2, 0.25) is 0 Å². The molecule has 2 aromatic heterocycles. The summed E-state index contributed by atoms with van der Waals surface area (Å²) in [5.74, 6) is -0.101. The van der Waals surface area contributed by atoms with E-state index in [1.54, 1.807) is 42.9 Å². The van der Waals surface area contributed by atoms with Gasteiger partial charge in [-0.05, 0) is 42.9 Å². The molecule has 4 rings (SSSR count). The summed E-state index contributed by atoms with van der Waals surface area (Å²) in [6, 6.07) is 8.43. The van der Waals surface area contributed by atoms with E-state index in [-0.39, 0.29) is 35.4 Å². The van der Waals surface area contributed by atoms with E-state index in [1.807, 2.05) is 4.90 Å². The third-order valence-electron chi connectivity index (χ3n) is 5.63. The van der Waals surface area contributed by atoms with Crippen molar-refractivity contribution >= 4 is 11.8 Å². The summed E-state index contributed by atoms with van der Waals surface area (Å²) in [6.07, 6.45) is 7.58. The van der Waals surface area contributed by atoms with Gasteiger partial charge in [0.05, 0.1) is 0 Å². The summed E-state index contributed by atoms with van der Waals surface area (Å²) < 4.78 is 1.44. The number of nitrogens with zero attached hydrogens (tertiary/aromatic N) is 3. The number of carbonyl (C=O) groups is 2. The molecule has 0 radical (unpaired) electrons. The Hall–Kier alpha value is -2.96. The van der Waals surface area contributed by atoms with Crippen LogP contribution in [0.4, 0.5) is 0 Å². The summed E-state index contributed by atoms with van der Waals surface area (Å²) in [5, 5.41) is 3.06. The van der Waals surface area contributed by atoms with Gasteiger partial charge in [0.25, 0.3) is 11.5 Å². The largest absolute Gasteiger partial charge is 0.349 e. The first-order chi connectivity index (χ1) is 13.0. The number of rotatable bonds is 4. The molecule has 0 unspecified atom stereocenters. The van der Waals surface area contributed by atoms with Crippen LogP contribution in [0.3, 0.4) is 0 Å². The summed E-state index contributed by atoms with van der Waals surface area (Å²) in [5.41, 5.74) is 0.554. The van der Waals surface area contributed by atoms with Crippen LogP contribution in [0.1, 0.15) is 29.6 Å². The van der Waals surface area contributed by atoms with Crippen LogP contribution < -0.4 is 10.9 Å². The van der Waals surface area contributed by atoms with Crippen molar-refractivity contribution in [2.75, 3.05) is 13.1 Å². The molecule has 1 saturated carbocycles. The molecule has 0 aromatic carbocycles. The highest BCUT2D eigenvalue weighted by atomic mass is 16.2. The van der Waals surface area contributed by atoms with Gasteiger partial charge >= 0.3 is 0 Å². The lowest BCUT2D eigenvalue weighted by Gasteiger charge is -2.45. The van der Waals surface area contributed by atoms with E-state index in [2.05, 4.69) is 10.3 Å². The molecule has 1 spiro atoms. The minimum absolute atomic E-state index is 0.0237. The Labute approximate surface area is 157 Å². The number of aromatic nitrogens is 2. The topological polar surface area (TPSA) is 84.3 Å². The molecule has 3 heterocycles. The maximum Gasteiger partial charge on any atom is 0.251 e. The van der Waals surface area contributed by atoms with Crippen molar-refractivity contribution < 1.29 is 9.59 Å². The van der Waals surface area contributed by atoms with Crippen LogP contribution in [-0.4, -0.2) is 45.4 Å². The van der Waals surface area contributed by atoms with Crippen LogP contribution in [0, 0.1) is 5.41 Å².